The SMILES string of the molecule is C=CCc1ccc(C(=O)N(CC=C)CC=C)cc1. The number of nitrogens with zero attached hydrogens (tertiary/aromatic N) is 1. The van der Waals surface area contributed by atoms with E-state index < -0.39 is 0 Å². The number of amides is 1. The summed E-state index contributed by atoms with van der Waals surface area (Å²) in [6, 6.07) is 7.60. The summed E-state index contributed by atoms with van der Waals surface area (Å²) in [5.74, 6) is -0.0000435. The fraction of sp³-hybridized carbons (Fsp3) is 0.188. The maximum Gasteiger partial charge on any atom is 0.254 e. The molecule has 2 heteroatoms. The highest BCUT2D eigenvalue weighted by Crippen LogP contribution is 2.09. The molecule has 94 valence electrons. The first-order valence-electron chi connectivity index (χ1n) is 5.93. The van der Waals surface area contributed by atoms with Crippen LogP contribution in [0.1, 0.15) is 15.9 Å². The minimum atomic E-state index is -0.0000435. The molecule has 0 saturated carbocycles. The summed E-state index contributed by atoms with van der Waals surface area (Å²) in [6.45, 7) is 12.1. The van der Waals surface area contributed by atoms with Crippen LogP contribution in [0.4, 0.5) is 0 Å². The fourth-order valence-electron chi connectivity index (χ4n) is 1.68. The van der Waals surface area contributed by atoms with Crippen LogP contribution in [-0.4, -0.2) is 23.9 Å². The Morgan fingerprint density at radius 3 is 2.00 bits per heavy atom. The van der Waals surface area contributed by atoms with Crippen LogP contribution in [0.5, 0.6) is 0 Å². The van der Waals surface area contributed by atoms with Crippen molar-refractivity contribution in [2.24, 2.45) is 0 Å². The first-order valence-corrected chi connectivity index (χ1v) is 5.93. The second kappa shape index (κ2) is 7.28. The van der Waals surface area contributed by atoms with Gasteiger partial charge in [0.1, 0.15) is 0 Å². The number of carbonyl (C=O) groups excluding carboxylic acids is 1. The number of benzene rings is 1. The Kier molecular flexibility index (Phi) is 5.65. The summed E-state index contributed by atoms with van der Waals surface area (Å²) in [5, 5.41) is 0. The molecule has 0 heterocycles. The normalized spacial score (nSPS) is 9.56. The molecule has 0 bridgehead atoms. The second-order valence-electron chi connectivity index (χ2n) is 3.98. The average Bonchev–Trinajstić information content (AvgIpc) is 2.39. The number of hydrogen-bond acceptors (Lipinski definition) is 1. The van der Waals surface area contributed by atoms with E-state index in [-0.39, 0.29) is 5.91 Å². The van der Waals surface area contributed by atoms with E-state index in [4.69, 9.17) is 0 Å². The summed E-state index contributed by atoms with van der Waals surface area (Å²) in [5.41, 5.74) is 1.84. The largest absolute Gasteiger partial charge is 0.331 e. The third kappa shape index (κ3) is 3.74. The van der Waals surface area contributed by atoms with Crippen LogP contribution in [0.2, 0.25) is 0 Å². The van der Waals surface area contributed by atoms with Gasteiger partial charge in [0.25, 0.3) is 5.91 Å². The van der Waals surface area contributed by atoms with Crippen molar-refractivity contribution in [3.8, 4) is 0 Å². The maximum atomic E-state index is 12.2. The van der Waals surface area contributed by atoms with Crippen molar-refractivity contribution in [2.45, 2.75) is 6.42 Å². The zero-order valence-corrected chi connectivity index (χ0v) is 10.6. The van der Waals surface area contributed by atoms with Gasteiger partial charge >= 0.3 is 0 Å². The molecular weight excluding hydrogens is 222 g/mol. The van der Waals surface area contributed by atoms with E-state index in [1.165, 1.54) is 0 Å². The number of carbonyl (C=O) groups is 1. The third-order valence-electron chi connectivity index (χ3n) is 2.57. The Labute approximate surface area is 109 Å². The minimum Gasteiger partial charge on any atom is -0.331 e. The van der Waals surface area contributed by atoms with E-state index in [0.717, 1.165) is 12.0 Å². The molecule has 18 heavy (non-hydrogen) atoms. The van der Waals surface area contributed by atoms with E-state index in [2.05, 4.69) is 19.7 Å². The van der Waals surface area contributed by atoms with Gasteiger partial charge in [0.15, 0.2) is 0 Å². The lowest BCUT2D eigenvalue weighted by atomic mass is 10.1. The monoisotopic (exact) mass is 241 g/mol. The molecule has 1 aromatic rings. The molecule has 0 aliphatic carbocycles. The third-order valence-corrected chi connectivity index (χ3v) is 2.57. The van der Waals surface area contributed by atoms with Gasteiger partial charge in [-0.2, -0.15) is 0 Å². The van der Waals surface area contributed by atoms with Crippen molar-refractivity contribution in [1.82, 2.24) is 4.90 Å². The molecule has 0 fully saturated rings. The summed E-state index contributed by atoms with van der Waals surface area (Å²) in [6.07, 6.45) is 6.09. The quantitative estimate of drug-likeness (QED) is 0.671. The second-order valence-corrected chi connectivity index (χ2v) is 3.98. The molecule has 0 aromatic heterocycles. The van der Waals surface area contributed by atoms with Gasteiger partial charge in [-0.05, 0) is 24.1 Å². The molecule has 0 N–H and O–H groups in total. The highest BCUT2D eigenvalue weighted by atomic mass is 16.2. The lowest BCUT2D eigenvalue weighted by molar-refractivity contribution is 0.0791. The highest BCUT2D eigenvalue weighted by molar-refractivity contribution is 5.94. The molecule has 0 aliphatic heterocycles. The smallest absolute Gasteiger partial charge is 0.254 e. The lowest BCUT2D eigenvalue weighted by Crippen LogP contribution is -2.31. The van der Waals surface area contributed by atoms with Gasteiger partial charge in [-0.3, -0.25) is 4.79 Å². The van der Waals surface area contributed by atoms with Crippen LogP contribution >= 0.6 is 0 Å². The topological polar surface area (TPSA) is 20.3 Å². The van der Waals surface area contributed by atoms with E-state index >= 15 is 0 Å². The van der Waals surface area contributed by atoms with Crippen LogP contribution in [0.3, 0.4) is 0 Å². The fourth-order valence-corrected chi connectivity index (χ4v) is 1.68. The molecule has 0 unspecified atom stereocenters. The van der Waals surface area contributed by atoms with E-state index in [0.29, 0.717) is 18.7 Å². The Balaban J connectivity index is 2.83. The Morgan fingerprint density at radius 2 is 1.56 bits per heavy atom. The van der Waals surface area contributed by atoms with Crippen molar-refractivity contribution in [1.29, 1.82) is 0 Å². The Morgan fingerprint density at radius 1 is 1.00 bits per heavy atom. The molecule has 1 amide bonds. The van der Waals surface area contributed by atoms with E-state index in [1.807, 2.05) is 30.3 Å². The van der Waals surface area contributed by atoms with Crippen LogP contribution in [0, 0.1) is 0 Å². The number of allylic oxidation sites excluding steroid dienone is 1. The Bertz CT molecular complexity index is 421. The number of hydrogen-bond donors (Lipinski definition) is 0. The molecule has 2 nitrogen and oxygen atoms in total. The summed E-state index contributed by atoms with van der Waals surface area (Å²) < 4.78 is 0. The summed E-state index contributed by atoms with van der Waals surface area (Å²) >= 11 is 0. The standard InChI is InChI=1S/C16H19NO/c1-4-7-14-8-10-15(11-9-14)16(18)17(12-5-2)13-6-3/h4-6,8-11H,1-3,7,12-13H2. The highest BCUT2D eigenvalue weighted by Gasteiger charge is 2.12. The molecular formula is C16H19NO. The number of rotatable bonds is 7. The van der Waals surface area contributed by atoms with Crippen molar-refractivity contribution >= 4 is 5.91 Å². The molecule has 0 saturated heterocycles. The van der Waals surface area contributed by atoms with E-state index in [9.17, 15) is 4.79 Å². The van der Waals surface area contributed by atoms with E-state index in [1.54, 1.807) is 17.1 Å². The van der Waals surface area contributed by atoms with Gasteiger partial charge in [-0.1, -0.05) is 30.4 Å². The van der Waals surface area contributed by atoms with Crippen LogP contribution in [-0.2, 0) is 6.42 Å². The van der Waals surface area contributed by atoms with Gasteiger partial charge < -0.3 is 4.90 Å². The zero-order valence-electron chi connectivity index (χ0n) is 10.6. The predicted molar refractivity (Wildman–Crippen MR) is 76.6 cm³/mol. The molecule has 0 aliphatic rings. The minimum absolute atomic E-state index is 0.0000435. The molecule has 0 atom stereocenters. The predicted octanol–water partition coefficient (Wildman–Crippen LogP) is 3.23. The van der Waals surface area contributed by atoms with Gasteiger partial charge in [0.2, 0.25) is 0 Å². The van der Waals surface area contributed by atoms with Crippen LogP contribution in [0.25, 0.3) is 0 Å². The molecule has 1 aromatic carbocycles. The summed E-state index contributed by atoms with van der Waals surface area (Å²) in [7, 11) is 0. The molecule has 0 radical (unpaired) electrons. The Hall–Kier alpha value is -2.09. The van der Waals surface area contributed by atoms with Crippen molar-refractivity contribution in [3.05, 3.63) is 73.4 Å². The van der Waals surface area contributed by atoms with Gasteiger partial charge in [0, 0.05) is 18.7 Å². The van der Waals surface area contributed by atoms with Gasteiger partial charge in [-0.25, -0.2) is 0 Å². The van der Waals surface area contributed by atoms with Crippen LogP contribution < -0.4 is 0 Å². The molecule has 1 rings (SSSR count). The lowest BCUT2D eigenvalue weighted by Gasteiger charge is -2.19. The zero-order chi connectivity index (χ0) is 13.4. The first kappa shape index (κ1) is 14.0. The maximum absolute atomic E-state index is 12.2. The van der Waals surface area contributed by atoms with Crippen LogP contribution in [0.15, 0.2) is 62.2 Å². The van der Waals surface area contributed by atoms with Crippen molar-refractivity contribution in [3.63, 3.8) is 0 Å². The van der Waals surface area contributed by atoms with Crippen molar-refractivity contribution < 1.29 is 4.79 Å². The van der Waals surface area contributed by atoms with Gasteiger partial charge in [-0.15, -0.1) is 19.7 Å². The van der Waals surface area contributed by atoms with Gasteiger partial charge in [0.05, 0.1) is 0 Å². The first-order chi connectivity index (χ1) is 8.72. The molecule has 0 spiro atoms. The average molecular weight is 241 g/mol. The summed E-state index contributed by atoms with van der Waals surface area (Å²) in [4.78, 5) is 13.9. The van der Waals surface area contributed by atoms with Crippen molar-refractivity contribution in [2.75, 3.05) is 13.1 Å².